The summed E-state index contributed by atoms with van der Waals surface area (Å²) >= 11 is 0. The Kier molecular flexibility index (Phi) is 1.74. The van der Waals surface area contributed by atoms with Crippen LogP contribution in [0.25, 0.3) is 33.8 Å². The smallest absolute Gasteiger partial charge is 0.178 e. The molecule has 0 aromatic carbocycles. The van der Waals surface area contributed by atoms with E-state index in [9.17, 15) is 0 Å². The number of imidazole rings is 2. The first-order valence-corrected chi connectivity index (χ1v) is 5.51. The fourth-order valence-electron chi connectivity index (χ4n) is 1.93. The van der Waals surface area contributed by atoms with Crippen LogP contribution < -0.4 is 0 Å². The molecule has 0 aliphatic heterocycles. The lowest BCUT2D eigenvalue weighted by atomic mass is 10.4. The van der Waals surface area contributed by atoms with Gasteiger partial charge in [-0.05, 0) is 18.2 Å². The van der Waals surface area contributed by atoms with Crippen LogP contribution in [0.2, 0.25) is 0 Å². The van der Waals surface area contributed by atoms with E-state index in [0.29, 0.717) is 17.3 Å². The van der Waals surface area contributed by atoms with Gasteiger partial charge in [0.05, 0.1) is 22.7 Å². The SMILES string of the molecule is c1cnc2nc(-c3nc4ccncc4[nH]3)[nH]c2c1. The molecule has 2 N–H and O–H groups in total. The van der Waals surface area contributed by atoms with Crippen LogP contribution in [0.3, 0.4) is 0 Å². The molecule has 0 aliphatic carbocycles. The third-order valence-corrected chi connectivity index (χ3v) is 2.77. The number of nitrogens with zero attached hydrogens (tertiary/aromatic N) is 4. The van der Waals surface area contributed by atoms with Crippen LogP contribution in [0.1, 0.15) is 0 Å². The first kappa shape index (κ1) is 9.29. The molecule has 0 spiro atoms. The van der Waals surface area contributed by atoms with Crippen LogP contribution in [0, 0.1) is 0 Å². The van der Waals surface area contributed by atoms with Gasteiger partial charge in [-0.25, -0.2) is 15.0 Å². The summed E-state index contributed by atoms with van der Waals surface area (Å²) in [5.41, 5.74) is 3.34. The topological polar surface area (TPSA) is 83.1 Å². The van der Waals surface area contributed by atoms with E-state index in [2.05, 4.69) is 29.9 Å². The maximum absolute atomic E-state index is 4.46. The van der Waals surface area contributed by atoms with Crippen LogP contribution in [-0.4, -0.2) is 29.9 Å². The molecular weight excluding hydrogens is 228 g/mol. The fourth-order valence-corrected chi connectivity index (χ4v) is 1.93. The van der Waals surface area contributed by atoms with Crippen molar-refractivity contribution in [2.75, 3.05) is 0 Å². The number of hydrogen-bond acceptors (Lipinski definition) is 4. The van der Waals surface area contributed by atoms with Crippen molar-refractivity contribution in [2.24, 2.45) is 0 Å². The molecule has 0 fully saturated rings. The summed E-state index contributed by atoms with van der Waals surface area (Å²) in [5, 5.41) is 0. The van der Waals surface area contributed by atoms with Crippen LogP contribution in [0.4, 0.5) is 0 Å². The summed E-state index contributed by atoms with van der Waals surface area (Å²) in [6.07, 6.45) is 5.18. The van der Waals surface area contributed by atoms with Crippen molar-refractivity contribution in [3.05, 3.63) is 36.8 Å². The number of aromatic nitrogens is 6. The predicted molar refractivity (Wildman–Crippen MR) is 66.8 cm³/mol. The van der Waals surface area contributed by atoms with E-state index >= 15 is 0 Å². The molecule has 6 nitrogen and oxygen atoms in total. The Morgan fingerprint density at radius 1 is 0.889 bits per heavy atom. The largest absolute Gasteiger partial charge is 0.334 e. The van der Waals surface area contributed by atoms with E-state index in [1.54, 1.807) is 18.6 Å². The van der Waals surface area contributed by atoms with Crippen LogP contribution in [0.15, 0.2) is 36.8 Å². The standard InChI is InChI=1S/C12H8N6/c1-2-8-10(14-4-1)18-12(16-8)11-15-7-3-5-13-6-9(7)17-11/h1-6H,(H,15,17)(H,14,16,18). The number of aromatic amines is 2. The van der Waals surface area contributed by atoms with Crippen molar-refractivity contribution in [3.63, 3.8) is 0 Å². The third-order valence-electron chi connectivity index (χ3n) is 2.77. The van der Waals surface area contributed by atoms with Crippen molar-refractivity contribution in [1.29, 1.82) is 0 Å². The molecule has 6 heteroatoms. The van der Waals surface area contributed by atoms with Crippen molar-refractivity contribution in [2.45, 2.75) is 0 Å². The Balaban J connectivity index is 1.95. The number of nitrogens with one attached hydrogen (secondary N) is 2. The normalized spacial score (nSPS) is 11.3. The van der Waals surface area contributed by atoms with Gasteiger partial charge in [-0.2, -0.15) is 0 Å². The fraction of sp³-hybridized carbons (Fsp3) is 0. The highest BCUT2D eigenvalue weighted by Crippen LogP contribution is 2.19. The lowest BCUT2D eigenvalue weighted by Crippen LogP contribution is -1.82. The average Bonchev–Trinajstić information content (AvgIpc) is 3.02. The molecule has 0 unspecified atom stereocenters. The molecule has 86 valence electrons. The Bertz CT molecular complexity index is 706. The molecule has 0 saturated carbocycles. The van der Waals surface area contributed by atoms with Crippen LogP contribution in [0.5, 0.6) is 0 Å². The van der Waals surface area contributed by atoms with Crippen molar-refractivity contribution < 1.29 is 0 Å². The molecule has 4 aromatic rings. The molecule has 0 saturated heterocycles. The lowest BCUT2D eigenvalue weighted by Gasteiger charge is -1.86. The highest BCUT2D eigenvalue weighted by molar-refractivity contribution is 5.79. The summed E-state index contributed by atoms with van der Waals surface area (Å²) in [5.74, 6) is 1.37. The molecule has 0 radical (unpaired) electrons. The minimum absolute atomic E-state index is 0.680. The van der Waals surface area contributed by atoms with Gasteiger partial charge >= 0.3 is 0 Å². The van der Waals surface area contributed by atoms with E-state index in [1.165, 1.54) is 0 Å². The molecule has 4 heterocycles. The number of H-pyrrole nitrogens is 2. The first-order valence-electron chi connectivity index (χ1n) is 5.51. The van der Waals surface area contributed by atoms with Crippen molar-refractivity contribution in [1.82, 2.24) is 29.9 Å². The van der Waals surface area contributed by atoms with E-state index in [-0.39, 0.29) is 0 Å². The Morgan fingerprint density at radius 3 is 2.67 bits per heavy atom. The van der Waals surface area contributed by atoms with Gasteiger partial charge in [0.1, 0.15) is 0 Å². The van der Waals surface area contributed by atoms with Crippen molar-refractivity contribution in [3.8, 4) is 11.6 Å². The molecule has 0 aliphatic rings. The average molecular weight is 236 g/mol. The second kappa shape index (κ2) is 3.36. The Hall–Kier alpha value is -2.76. The molecule has 0 amide bonds. The number of fused-ring (bicyclic) bond motifs is 2. The second-order valence-electron chi connectivity index (χ2n) is 3.94. The maximum atomic E-state index is 4.46. The van der Waals surface area contributed by atoms with Gasteiger partial charge in [0, 0.05) is 12.4 Å². The van der Waals surface area contributed by atoms with Crippen LogP contribution >= 0.6 is 0 Å². The zero-order valence-electron chi connectivity index (χ0n) is 9.25. The maximum Gasteiger partial charge on any atom is 0.178 e. The molecule has 18 heavy (non-hydrogen) atoms. The minimum Gasteiger partial charge on any atom is -0.334 e. The van der Waals surface area contributed by atoms with Gasteiger partial charge < -0.3 is 9.97 Å². The zero-order valence-corrected chi connectivity index (χ0v) is 9.25. The van der Waals surface area contributed by atoms with Gasteiger partial charge in [-0.3, -0.25) is 4.98 Å². The summed E-state index contributed by atoms with van der Waals surface area (Å²) in [6, 6.07) is 5.66. The quantitative estimate of drug-likeness (QED) is 0.528. The molecule has 4 rings (SSSR count). The number of hydrogen-bond donors (Lipinski definition) is 2. The summed E-state index contributed by atoms with van der Waals surface area (Å²) in [4.78, 5) is 23.5. The second-order valence-corrected chi connectivity index (χ2v) is 3.94. The van der Waals surface area contributed by atoms with Gasteiger partial charge in [0.25, 0.3) is 0 Å². The molecule has 0 atom stereocenters. The van der Waals surface area contributed by atoms with E-state index in [1.807, 2.05) is 18.2 Å². The molecule has 0 bridgehead atoms. The summed E-state index contributed by atoms with van der Waals surface area (Å²) in [7, 11) is 0. The third kappa shape index (κ3) is 1.29. The van der Waals surface area contributed by atoms with Gasteiger partial charge in [-0.1, -0.05) is 0 Å². The highest BCUT2D eigenvalue weighted by Gasteiger charge is 2.09. The minimum atomic E-state index is 0.680. The molecule has 4 aromatic heterocycles. The number of pyridine rings is 2. The molecular formula is C12H8N6. The van der Waals surface area contributed by atoms with Gasteiger partial charge in [-0.15, -0.1) is 0 Å². The number of rotatable bonds is 1. The summed E-state index contributed by atoms with van der Waals surface area (Å²) < 4.78 is 0. The predicted octanol–water partition coefficient (Wildman–Crippen LogP) is 1.90. The van der Waals surface area contributed by atoms with Crippen molar-refractivity contribution >= 4 is 22.2 Å². The van der Waals surface area contributed by atoms with E-state index in [0.717, 1.165) is 16.6 Å². The lowest BCUT2D eigenvalue weighted by molar-refractivity contribution is 1.21. The monoisotopic (exact) mass is 236 g/mol. The Labute approximate surface area is 101 Å². The highest BCUT2D eigenvalue weighted by atomic mass is 15.1. The zero-order chi connectivity index (χ0) is 11.9. The Morgan fingerprint density at radius 2 is 1.78 bits per heavy atom. The van der Waals surface area contributed by atoms with Gasteiger partial charge in [0.15, 0.2) is 17.3 Å². The van der Waals surface area contributed by atoms with E-state index < -0.39 is 0 Å². The van der Waals surface area contributed by atoms with Gasteiger partial charge in [0.2, 0.25) is 0 Å². The van der Waals surface area contributed by atoms with Crippen LogP contribution in [-0.2, 0) is 0 Å². The summed E-state index contributed by atoms with van der Waals surface area (Å²) in [6.45, 7) is 0. The first-order chi connectivity index (χ1) is 8.90. The van der Waals surface area contributed by atoms with E-state index in [4.69, 9.17) is 0 Å².